The molecule has 78 valence electrons. The smallest absolute Gasteiger partial charge is 0.257 e. The Labute approximate surface area is 90.2 Å². The number of rotatable bonds is 1. The van der Waals surface area contributed by atoms with Crippen molar-refractivity contribution < 1.29 is 4.79 Å². The van der Waals surface area contributed by atoms with E-state index in [1.54, 1.807) is 0 Å². The molecule has 0 unspecified atom stereocenters. The van der Waals surface area contributed by atoms with Crippen molar-refractivity contribution in [3.8, 4) is 0 Å². The summed E-state index contributed by atoms with van der Waals surface area (Å²) < 4.78 is 0. The molecule has 1 aliphatic rings. The Bertz CT molecular complexity index is 356. The van der Waals surface area contributed by atoms with E-state index in [0.717, 1.165) is 24.9 Å². The van der Waals surface area contributed by atoms with Crippen molar-refractivity contribution in [2.24, 2.45) is 0 Å². The molecular weight excluding hydrogens is 186 g/mol. The third-order valence-electron chi connectivity index (χ3n) is 2.59. The molecule has 1 amide bonds. The first-order chi connectivity index (χ1) is 7.38. The molecule has 2 rings (SSSR count). The fourth-order valence-electron chi connectivity index (χ4n) is 1.74. The first-order valence-electron chi connectivity index (χ1n) is 5.40. The van der Waals surface area contributed by atoms with Crippen LogP contribution in [0.25, 0.3) is 0 Å². The highest BCUT2D eigenvalue weighted by Gasteiger charge is 2.13. The fraction of sp³-hybridized carbons (Fsp3) is 0.308. The van der Waals surface area contributed by atoms with Crippen LogP contribution in [0.5, 0.6) is 0 Å². The van der Waals surface area contributed by atoms with E-state index in [4.69, 9.17) is 0 Å². The Balaban J connectivity index is 2.13. The normalized spacial score (nSPS) is 16.1. The van der Waals surface area contributed by atoms with Crippen LogP contribution in [0, 0.1) is 0 Å². The van der Waals surface area contributed by atoms with E-state index in [0.29, 0.717) is 0 Å². The molecule has 1 aliphatic heterocycles. The summed E-state index contributed by atoms with van der Waals surface area (Å²) in [6.45, 7) is 0.838. The van der Waals surface area contributed by atoms with Gasteiger partial charge in [0.05, 0.1) is 0 Å². The monoisotopic (exact) mass is 201 g/mol. The second-order valence-corrected chi connectivity index (χ2v) is 3.75. The maximum Gasteiger partial charge on any atom is 0.257 e. The zero-order chi connectivity index (χ0) is 10.5. The first kappa shape index (κ1) is 9.97. The van der Waals surface area contributed by atoms with Gasteiger partial charge in [-0.15, -0.1) is 0 Å². The highest BCUT2D eigenvalue weighted by atomic mass is 16.2. The largest absolute Gasteiger partial charge is 0.315 e. The Morgan fingerprint density at radius 1 is 1.13 bits per heavy atom. The third kappa shape index (κ3) is 2.46. The minimum Gasteiger partial charge on any atom is -0.315 e. The molecule has 15 heavy (non-hydrogen) atoms. The van der Waals surface area contributed by atoms with Crippen LogP contribution in [0.1, 0.15) is 29.6 Å². The third-order valence-corrected chi connectivity index (χ3v) is 2.59. The van der Waals surface area contributed by atoms with Crippen LogP contribution in [0.3, 0.4) is 0 Å². The molecular formula is C13H15NO. The summed E-state index contributed by atoms with van der Waals surface area (Å²) in [5.41, 5.74) is 0.768. The Morgan fingerprint density at radius 2 is 1.93 bits per heavy atom. The molecule has 0 fully saturated rings. The zero-order valence-electron chi connectivity index (χ0n) is 8.73. The standard InChI is InChI=1S/C13H15NO/c15-13(12-8-4-3-5-9-12)14-10-6-1-2-7-11-14/h3-6,8-10H,1-2,7,11H2. The van der Waals surface area contributed by atoms with E-state index in [1.165, 1.54) is 6.42 Å². The lowest BCUT2D eigenvalue weighted by Gasteiger charge is -2.16. The van der Waals surface area contributed by atoms with Crippen LogP contribution in [0.2, 0.25) is 0 Å². The number of allylic oxidation sites excluding steroid dienone is 1. The number of hydrogen-bond donors (Lipinski definition) is 0. The highest BCUT2D eigenvalue weighted by Crippen LogP contribution is 2.11. The summed E-state index contributed by atoms with van der Waals surface area (Å²) in [5.74, 6) is 0.105. The predicted molar refractivity (Wildman–Crippen MR) is 60.5 cm³/mol. The minimum atomic E-state index is 0.105. The molecule has 0 spiro atoms. The van der Waals surface area contributed by atoms with Crippen molar-refractivity contribution in [3.05, 3.63) is 48.2 Å². The molecule has 0 aliphatic carbocycles. The SMILES string of the molecule is O=C(c1ccccc1)N1C=CCCCC1. The van der Waals surface area contributed by atoms with Gasteiger partial charge in [-0.1, -0.05) is 24.3 Å². The van der Waals surface area contributed by atoms with Gasteiger partial charge in [0.2, 0.25) is 0 Å². The molecule has 1 aromatic rings. The van der Waals surface area contributed by atoms with Crippen LogP contribution in [-0.4, -0.2) is 17.4 Å². The summed E-state index contributed by atoms with van der Waals surface area (Å²) in [5, 5.41) is 0. The van der Waals surface area contributed by atoms with Gasteiger partial charge in [0.25, 0.3) is 5.91 Å². The summed E-state index contributed by atoms with van der Waals surface area (Å²) in [4.78, 5) is 13.8. The number of hydrogen-bond acceptors (Lipinski definition) is 1. The molecule has 0 saturated carbocycles. The van der Waals surface area contributed by atoms with E-state index in [-0.39, 0.29) is 5.91 Å². The summed E-state index contributed by atoms with van der Waals surface area (Å²) in [6, 6.07) is 9.45. The summed E-state index contributed by atoms with van der Waals surface area (Å²) in [7, 11) is 0. The average molecular weight is 201 g/mol. The number of carbonyl (C=O) groups excluding carboxylic acids is 1. The summed E-state index contributed by atoms with van der Waals surface area (Å²) >= 11 is 0. The molecule has 1 heterocycles. The van der Waals surface area contributed by atoms with Gasteiger partial charge in [0.15, 0.2) is 0 Å². The molecule has 2 nitrogen and oxygen atoms in total. The molecule has 0 N–H and O–H groups in total. The fourth-order valence-corrected chi connectivity index (χ4v) is 1.74. The lowest BCUT2D eigenvalue weighted by molar-refractivity contribution is 0.0822. The van der Waals surface area contributed by atoms with Gasteiger partial charge in [-0.2, -0.15) is 0 Å². The maximum atomic E-state index is 12.0. The number of nitrogens with zero attached hydrogens (tertiary/aromatic N) is 1. The summed E-state index contributed by atoms with van der Waals surface area (Å²) in [6.07, 6.45) is 7.34. The Morgan fingerprint density at radius 3 is 2.73 bits per heavy atom. The van der Waals surface area contributed by atoms with Crippen LogP contribution < -0.4 is 0 Å². The van der Waals surface area contributed by atoms with Crippen molar-refractivity contribution in [1.29, 1.82) is 0 Å². The number of carbonyl (C=O) groups is 1. The van der Waals surface area contributed by atoms with Gasteiger partial charge in [-0.25, -0.2) is 0 Å². The second-order valence-electron chi connectivity index (χ2n) is 3.75. The van der Waals surface area contributed by atoms with Gasteiger partial charge < -0.3 is 4.90 Å². The van der Waals surface area contributed by atoms with E-state index in [2.05, 4.69) is 6.08 Å². The number of benzene rings is 1. The van der Waals surface area contributed by atoms with Crippen molar-refractivity contribution in [3.63, 3.8) is 0 Å². The van der Waals surface area contributed by atoms with Crippen LogP contribution in [0.4, 0.5) is 0 Å². The average Bonchev–Trinajstić information content (AvgIpc) is 2.58. The van der Waals surface area contributed by atoms with Crippen LogP contribution in [0.15, 0.2) is 42.6 Å². The van der Waals surface area contributed by atoms with E-state index >= 15 is 0 Å². The Hall–Kier alpha value is -1.57. The van der Waals surface area contributed by atoms with Gasteiger partial charge >= 0.3 is 0 Å². The number of amides is 1. The predicted octanol–water partition coefficient (Wildman–Crippen LogP) is 2.83. The van der Waals surface area contributed by atoms with Crippen molar-refractivity contribution in [2.45, 2.75) is 19.3 Å². The van der Waals surface area contributed by atoms with Crippen molar-refractivity contribution >= 4 is 5.91 Å². The van der Waals surface area contributed by atoms with E-state index in [9.17, 15) is 4.79 Å². The first-order valence-corrected chi connectivity index (χ1v) is 5.40. The molecule has 1 aromatic carbocycles. The molecule has 0 bridgehead atoms. The Kier molecular flexibility index (Phi) is 3.18. The minimum absolute atomic E-state index is 0.105. The lowest BCUT2D eigenvalue weighted by Crippen LogP contribution is -2.26. The van der Waals surface area contributed by atoms with E-state index < -0.39 is 0 Å². The molecule has 0 atom stereocenters. The van der Waals surface area contributed by atoms with Gasteiger partial charge in [-0.3, -0.25) is 4.79 Å². The van der Waals surface area contributed by atoms with E-state index in [1.807, 2.05) is 41.4 Å². The van der Waals surface area contributed by atoms with Gasteiger partial charge in [0.1, 0.15) is 0 Å². The molecule has 2 heteroatoms. The van der Waals surface area contributed by atoms with Crippen LogP contribution in [-0.2, 0) is 0 Å². The van der Waals surface area contributed by atoms with Crippen LogP contribution >= 0.6 is 0 Å². The maximum absolute atomic E-state index is 12.0. The van der Waals surface area contributed by atoms with Gasteiger partial charge in [-0.05, 0) is 31.4 Å². The highest BCUT2D eigenvalue weighted by molar-refractivity contribution is 5.94. The zero-order valence-corrected chi connectivity index (χ0v) is 8.73. The molecule has 0 aromatic heterocycles. The molecule has 0 radical (unpaired) electrons. The van der Waals surface area contributed by atoms with Crippen molar-refractivity contribution in [2.75, 3.05) is 6.54 Å². The van der Waals surface area contributed by atoms with Gasteiger partial charge in [0, 0.05) is 18.3 Å². The topological polar surface area (TPSA) is 20.3 Å². The second kappa shape index (κ2) is 4.78. The lowest BCUT2D eigenvalue weighted by atomic mass is 10.2. The molecule has 0 saturated heterocycles. The quantitative estimate of drug-likeness (QED) is 0.684. The van der Waals surface area contributed by atoms with Crippen molar-refractivity contribution in [1.82, 2.24) is 4.90 Å².